The molecular formula is C20H20ClN5O3S. The highest BCUT2D eigenvalue weighted by atomic mass is 35.5. The lowest BCUT2D eigenvalue weighted by molar-refractivity contribution is 0.267. The zero-order chi connectivity index (χ0) is 21.0. The number of rotatable bonds is 3. The third kappa shape index (κ3) is 2.88. The number of pyridine rings is 1. The third-order valence-corrected chi connectivity index (χ3v) is 8.24. The Bertz CT molecular complexity index is 1440. The molecule has 0 spiro atoms. The van der Waals surface area contributed by atoms with Crippen molar-refractivity contribution in [3.8, 4) is 0 Å². The van der Waals surface area contributed by atoms with Gasteiger partial charge in [-0.05, 0) is 43.5 Å². The molecule has 1 saturated heterocycles. The van der Waals surface area contributed by atoms with Crippen molar-refractivity contribution < 1.29 is 8.42 Å². The van der Waals surface area contributed by atoms with Gasteiger partial charge in [0.2, 0.25) is 10.0 Å². The first kappa shape index (κ1) is 19.3. The van der Waals surface area contributed by atoms with E-state index in [4.69, 9.17) is 11.6 Å². The SMILES string of the molecule is Cc1c(Cl)cccc1S(=O)(=O)N1CCC[C@@H](n2c(=O)[nH]c3cnc4[nH]ccc4c32)C1. The van der Waals surface area contributed by atoms with Crippen LogP contribution in [0.4, 0.5) is 0 Å². The molecule has 3 aromatic heterocycles. The Hall–Kier alpha value is -2.62. The summed E-state index contributed by atoms with van der Waals surface area (Å²) < 4.78 is 29.8. The number of fused-ring (bicyclic) bond motifs is 3. The summed E-state index contributed by atoms with van der Waals surface area (Å²) in [6.07, 6.45) is 4.77. The second-order valence-corrected chi connectivity index (χ2v) is 9.90. The number of imidazole rings is 1. The van der Waals surface area contributed by atoms with E-state index in [1.807, 2.05) is 6.07 Å². The van der Waals surface area contributed by atoms with Crippen LogP contribution in [0, 0.1) is 6.92 Å². The summed E-state index contributed by atoms with van der Waals surface area (Å²) in [5, 5.41) is 1.25. The van der Waals surface area contributed by atoms with Crippen LogP contribution in [0.2, 0.25) is 5.02 Å². The van der Waals surface area contributed by atoms with E-state index in [1.165, 1.54) is 4.31 Å². The Kier molecular flexibility index (Phi) is 4.49. The van der Waals surface area contributed by atoms with E-state index in [9.17, 15) is 13.2 Å². The van der Waals surface area contributed by atoms with E-state index >= 15 is 0 Å². The summed E-state index contributed by atoms with van der Waals surface area (Å²) in [7, 11) is -3.73. The van der Waals surface area contributed by atoms with Gasteiger partial charge in [0, 0.05) is 29.7 Å². The maximum absolute atomic E-state index is 13.4. The lowest BCUT2D eigenvalue weighted by atomic mass is 10.1. The normalized spacial score (nSPS) is 18.4. The van der Waals surface area contributed by atoms with Gasteiger partial charge in [-0.2, -0.15) is 4.31 Å². The molecule has 0 aliphatic carbocycles. The average molecular weight is 446 g/mol. The van der Waals surface area contributed by atoms with E-state index in [1.54, 1.807) is 42.1 Å². The first-order chi connectivity index (χ1) is 14.4. The minimum atomic E-state index is -3.73. The van der Waals surface area contributed by atoms with Crippen LogP contribution in [0.5, 0.6) is 0 Å². The lowest BCUT2D eigenvalue weighted by Gasteiger charge is -2.33. The van der Waals surface area contributed by atoms with Crippen molar-refractivity contribution in [1.29, 1.82) is 0 Å². The number of halogens is 1. The van der Waals surface area contributed by atoms with Gasteiger partial charge in [-0.3, -0.25) is 4.57 Å². The van der Waals surface area contributed by atoms with E-state index in [-0.39, 0.29) is 23.2 Å². The zero-order valence-corrected chi connectivity index (χ0v) is 17.8. The Morgan fingerprint density at radius 1 is 1.27 bits per heavy atom. The highest BCUT2D eigenvalue weighted by Crippen LogP contribution is 2.32. The van der Waals surface area contributed by atoms with E-state index in [2.05, 4.69) is 15.0 Å². The molecule has 0 bridgehead atoms. The molecule has 10 heteroatoms. The molecule has 0 radical (unpaired) electrons. The largest absolute Gasteiger partial charge is 0.346 e. The monoisotopic (exact) mass is 445 g/mol. The molecule has 1 aromatic carbocycles. The van der Waals surface area contributed by atoms with Crippen LogP contribution in [-0.2, 0) is 10.0 Å². The highest BCUT2D eigenvalue weighted by Gasteiger charge is 2.33. The van der Waals surface area contributed by atoms with Crippen molar-refractivity contribution in [3.63, 3.8) is 0 Å². The predicted molar refractivity (Wildman–Crippen MR) is 115 cm³/mol. The summed E-state index contributed by atoms with van der Waals surface area (Å²) in [6, 6.07) is 6.49. The predicted octanol–water partition coefficient (Wildman–Crippen LogP) is 3.19. The number of H-pyrrole nitrogens is 2. The fraction of sp³-hybridized carbons (Fsp3) is 0.300. The number of aromatic nitrogens is 4. The van der Waals surface area contributed by atoms with Gasteiger partial charge < -0.3 is 9.97 Å². The Labute approximate surface area is 177 Å². The topological polar surface area (TPSA) is 104 Å². The molecule has 4 heterocycles. The van der Waals surface area contributed by atoms with Gasteiger partial charge in [0.25, 0.3) is 0 Å². The molecule has 1 atom stereocenters. The summed E-state index contributed by atoms with van der Waals surface area (Å²) in [6.45, 7) is 2.33. The van der Waals surface area contributed by atoms with Crippen molar-refractivity contribution in [2.75, 3.05) is 13.1 Å². The summed E-state index contributed by atoms with van der Waals surface area (Å²) in [4.78, 5) is 23.3. The molecule has 0 amide bonds. The van der Waals surface area contributed by atoms with Crippen LogP contribution in [0.25, 0.3) is 22.1 Å². The summed E-state index contributed by atoms with van der Waals surface area (Å²) >= 11 is 6.16. The number of aromatic amines is 2. The molecule has 1 aliphatic rings. The van der Waals surface area contributed by atoms with Gasteiger partial charge in [-0.1, -0.05) is 17.7 Å². The molecule has 1 fully saturated rings. The van der Waals surface area contributed by atoms with Gasteiger partial charge in [0.1, 0.15) is 5.65 Å². The second kappa shape index (κ2) is 6.97. The fourth-order valence-corrected chi connectivity index (χ4v) is 6.32. The Balaban J connectivity index is 1.58. The van der Waals surface area contributed by atoms with Crippen molar-refractivity contribution in [1.82, 2.24) is 23.8 Å². The fourth-order valence-electron chi connectivity index (χ4n) is 4.33. The maximum Gasteiger partial charge on any atom is 0.326 e. The molecule has 0 saturated carbocycles. The smallest absolute Gasteiger partial charge is 0.326 e. The third-order valence-electron chi connectivity index (χ3n) is 5.82. The molecule has 8 nitrogen and oxygen atoms in total. The van der Waals surface area contributed by atoms with Crippen LogP contribution in [0.1, 0.15) is 24.4 Å². The molecule has 1 aliphatic heterocycles. The highest BCUT2D eigenvalue weighted by molar-refractivity contribution is 7.89. The summed E-state index contributed by atoms with van der Waals surface area (Å²) in [5.74, 6) is 0. The molecule has 5 rings (SSSR count). The number of benzene rings is 1. The van der Waals surface area contributed by atoms with Crippen LogP contribution in [0.3, 0.4) is 0 Å². The van der Waals surface area contributed by atoms with Crippen molar-refractivity contribution in [2.45, 2.75) is 30.7 Å². The molecule has 30 heavy (non-hydrogen) atoms. The van der Waals surface area contributed by atoms with Crippen LogP contribution in [0.15, 0.2) is 46.3 Å². The number of hydrogen-bond acceptors (Lipinski definition) is 4. The zero-order valence-electron chi connectivity index (χ0n) is 16.2. The molecule has 0 unspecified atom stereocenters. The first-order valence-corrected chi connectivity index (χ1v) is 11.5. The van der Waals surface area contributed by atoms with Gasteiger partial charge in [-0.25, -0.2) is 18.2 Å². The maximum atomic E-state index is 13.4. The Morgan fingerprint density at radius 2 is 2.10 bits per heavy atom. The van der Waals surface area contributed by atoms with Gasteiger partial charge >= 0.3 is 5.69 Å². The van der Waals surface area contributed by atoms with E-state index in [0.29, 0.717) is 41.1 Å². The molecule has 2 N–H and O–H groups in total. The van der Waals surface area contributed by atoms with Crippen molar-refractivity contribution >= 4 is 43.7 Å². The number of hydrogen-bond donors (Lipinski definition) is 2. The first-order valence-electron chi connectivity index (χ1n) is 9.69. The number of sulfonamides is 1. The van der Waals surface area contributed by atoms with Crippen molar-refractivity contribution in [3.05, 3.63) is 57.7 Å². The van der Waals surface area contributed by atoms with Crippen molar-refractivity contribution in [2.24, 2.45) is 0 Å². The Morgan fingerprint density at radius 3 is 2.93 bits per heavy atom. The quantitative estimate of drug-likeness (QED) is 0.505. The minimum absolute atomic E-state index is 0.208. The van der Waals surface area contributed by atoms with E-state index in [0.717, 1.165) is 10.9 Å². The number of nitrogens with one attached hydrogen (secondary N) is 2. The number of nitrogens with zero attached hydrogens (tertiary/aromatic N) is 3. The minimum Gasteiger partial charge on any atom is -0.346 e. The summed E-state index contributed by atoms with van der Waals surface area (Å²) in [5.41, 5.74) is 2.34. The van der Waals surface area contributed by atoms with Gasteiger partial charge in [0.15, 0.2) is 0 Å². The van der Waals surface area contributed by atoms with Crippen LogP contribution in [-0.4, -0.2) is 45.3 Å². The lowest BCUT2D eigenvalue weighted by Crippen LogP contribution is -2.42. The second-order valence-electron chi connectivity index (χ2n) is 7.58. The van der Waals surface area contributed by atoms with Gasteiger partial charge in [-0.15, -0.1) is 0 Å². The van der Waals surface area contributed by atoms with Gasteiger partial charge in [0.05, 0.1) is 28.2 Å². The van der Waals surface area contributed by atoms with Crippen LogP contribution < -0.4 is 5.69 Å². The van der Waals surface area contributed by atoms with E-state index < -0.39 is 10.0 Å². The molecular weight excluding hydrogens is 426 g/mol. The standard InChI is InChI=1S/C20H20ClN5O3S/c1-12-15(21)5-2-6-17(12)30(28,29)25-9-3-4-13(11-25)26-18-14-7-8-22-19(14)23-10-16(18)24-20(26)27/h2,5-8,10,13H,3-4,9,11H2,1H3,(H,22,23)(H,24,27)/t13-/m1/s1. The number of piperidine rings is 1. The molecule has 156 valence electrons. The molecule has 4 aromatic rings. The average Bonchev–Trinajstić information content (AvgIpc) is 3.33. The van der Waals surface area contributed by atoms with Crippen LogP contribution >= 0.6 is 11.6 Å².